The third-order valence-corrected chi connectivity index (χ3v) is 4.37. The first-order chi connectivity index (χ1) is 6.98. The smallest absolute Gasteiger partial charge is 0.202 e. The Bertz CT molecular complexity index is 444. The van der Waals surface area contributed by atoms with E-state index in [0.717, 1.165) is 0 Å². The zero-order valence-corrected chi connectivity index (χ0v) is 10.9. The van der Waals surface area contributed by atoms with Crippen LogP contribution < -0.4 is 0 Å². The average molecular weight is 220 g/mol. The quantitative estimate of drug-likeness (QED) is 0.517. The van der Waals surface area contributed by atoms with Crippen LogP contribution in [0.1, 0.15) is 26.3 Å². The Kier molecular flexibility index (Phi) is 2.42. The van der Waals surface area contributed by atoms with Crippen molar-refractivity contribution in [3.05, 3.63) is 23.8 Å². The van der Waals surface area contributed by atoms with Gasteiger partial charge in [0.15, 0.2) is 5.71 Å². The van der Waals surface area contributed by atoms with Crippen LogP contribution in [0.3, 0.4) is 0 Å². The lowest BCUT2D eigenvalue weighted by Crippen LogP contribution is -2.25. The van der Waals surface area contributed by atoms with Gasteiger partial charge in [0.1, 0.15) is 7.05 Å². The Morgan fingerprint density at radius 3 is 2.53 bits per heavy atom. The lowest BCUT2D eigenvalue weighted by molar-refractivity contribution is -0.403. The summed E-state index contributed by atoms with van der Waals surface area (Å²) in [5.74, 6) is 0. The number of rotatable bonds is 1. The summed E-state index contributed by atoms with van der Waals surface area (Å²) in [7, 11) is 2.15. The highest BCUT2D eigenvalue weighted by Gasteiger charge is 2.41. The highest BCUT2D eigenvalue weighted by molar-refractivity contribution is 7.98. The second-order valence-corrected chi connectivity index (χ2v) is 5.53. The second kappa shape index (κ2) is 3.38. The van der Waals surface area contributed by atoms with E-state index in [1.807, 2.05) is 11.8 Å². The zero-order valence-electron chi connectivity index (χ0n) is 10.1. The molecule has 0 amide bonds. The van der Waals surface area contributed by atoms with E-state index in [2.05, 4.69) is 56.8 Å². The van der Waals surface area contributed by atoms with E-state index in [9.17, 15) is 0 Å². The summed E-state index contributed by atoms with van der Waals surface area (Å²) in [5.41, 5.74) is 4.41. The average Bonchev–Trinajstić information content (AvgIpc) is 2.40. The second-order valence-electron chi connectivity index (χ2n) is 4.65. The molecule has 1 aromatic rings. The van der Waals surface area contributed by atoms with Crippen LogP contribution in [0.2, 0.25) is 0 Å². The molecule has 0 saturated heterocycles. The molecule has 2 heteroatoms. The number of benzene rings is 1. The molecule has 0 N–H and O–H groups in total. The van der Waals surface area contributed by atoms with Gasteiger partial charge in [0.05, 0.1) is 5.41 Å². The van der Waals surface area contributed by atoms with Gasteiger partial charge in [0, 0.05) is 23.4 Å². The molecule has 2 rings (SSSR count). The minimum Gasteiger partial charge on any atom is -0.202 e. The predicted octanol–water partition coefficient (Wildman–Crippen LogP) is 3.43. The summed E-state index contributed by atoms with van der Waals surface area (Å²) >= 11 is 1.81. The number of hydrogen-bond acceptors (Lipinski definition) is 1. The van der Waals surface area contributed by atoms with E-state index in [1.165, 1.54) is 21.9 Å². The lowest BCUT2D eigenvalue weighted by Gasteiger charge is -2.15. The SMILES string of the molecule is CSc1ccc2c(c1)C(C)(C)C(C)=[N+]2C. The number of hydrogen-bond donors (Lipinski definition) is 0. The summed E-state index contributed by atoms with van der Waals surface area (Å²) in [5, 5.41) is 0. The third-order valence-electron chi connectivity index (χ3n) is 3.65. The van der Waals surface area contributed by atoms with Crippen LogP contribution in [0.15, 0.2) is 23.1 Å². The predicted molar refractivity (Wildman–Crippen MR) is 67.8 cm³/mol. The van der Waals surface area contributed by atoms with E-state index in [1.54, 1.807) is 0 Å². The molecule has 1 aliphatic rings. The largest absolute Gasteiger partial charge is 0.209 e. The van der Waals surface area contributed by atoms with Crippen LogP contribution in [-0.4, -0.2) is 23.6 Å². The summed E-state index contributed by atoms with van der Waals surface area (Å²) in [6.07, 6.45) is 2.13. The van der Waals surface area contributed by atoms with Crippen molar-refractivity contribution in [2.24, 2.45) is 0 Å². The Labute approximate surface area is 96.2 Å². The maximum Gasteiger partial charge on any atom is 0.209 e. The van der Waals surface area contributed by atoms with Gasteiger partial charge in [-0.05, 0) is 32.2 Å². The number of fused-ring (bicyclic) bond motifs is 1. The topological polar surface area (TPSA) is 3.01 Å². The maximum absolute atomic E-state index is 2.33. The fourth-order valence-electron chi connectivity index (χ4n) is 2.23. The zero-order chi connectivity index (χ0) is 11.2. The molecule has 0 aromatic heterocycles. The summed E-state index contributed by atoms with van der Waals surface area (Å²) in [6, 6.07) is 6.76. The van der Waals surface area contributed by atoms with Crippen LogP contribution in [0.25, 0.3) is 0 Å². The van der Waals surface area contributed by atoms with Crippen LogP contribution in [-0.2, 0) is 5.41 Å². The molecule has 0 spiro atoms. The molecule has 15 heavy (non-hydrogen) atoms. The van der Waals surface area contributed by atoms with Crippen LogP contribution in [0.4, 0.5) is 5.69 Å². The first kappa shape index (κ1) is 10.7. The van der Waals surface area contributed by atoms with Crippen molar-refractivity contribution in [1.82, 2.24) is 0 Å². The molecule has 0 fully saturated rings. The molecule has 0 aliphatic carbocycles. The van der Waals surface area contributed by atoms with Crippen molar-refractivity contribution in [3.8, 4) is 0 Å². The number of thioether (sulfide) groups is 1. The maximum atomic E-state index is 2.33. The van der Waals surface area contributed by atoms with Gasteiger partial charge in [-0.15, -0.1) is 11.8 Å². The van der Waals surface area contributed by atoms with Crippen molar-refractivity contribution >= 4 is 23.2 Å². The molecule has 1 heterocycles. The molecular weight excluding hydrogens is 202 g/mol. The molecular formula is C13H18NS+. The fraction of sp³-hybridized carbons (Fsp3) is 0.462. The Hall–Kier alpha value is -0.760. The molecule has 0 radical (unpaired) electrons. The van der Waals surface area contributed by atoms with Gasteiger partial charge in [0.25, 0.3) is 0 Å². The summed E-state index contributed by atoms with van der Waals surface area (Å²) < 4.78 is 2.30. The van der Waals surface area contributed by atoms with Crippen molar-refractivity contribution in [2.75, 3.05) is 13.3 Å². The highest BCUT2D eigenvalue weighted by atomic mass is 32.2. The molecule has 0 unspecified atom stereocenters. The minimum absolute atomic E-state index is 0.176. The molecule has 0 atom stereocenters. The highest BCUT2D eigenvalue weighted by Crippen LogP contribution is 2.40. The van der Waals surface area contributed by atoms with Crippen LogP contribution in [0, 0.1) is 0 Å². The first-order valence-corrected chi connectivity index (χ1v) is 6.47. The van der Waals surface area contributed by atoms with Gasteiger partial charge in [-0.3, -0.25) is 0 Å². The standard InChI is InChI=1S/C13H18NS/c1-9-13(2,3)11-8-10(15-5)6-7-12(11)14(9)4/h6-8H,1-5H3/q+1. The van der Waals surface area contributed by atoms with Crippen LogP contribution >= 0.6 is 11.8 Å². The van der Waals surface area contributed by atoms with E-state index < -0.39 is 0 Å². The first-order valence-electron chi connectivity index (χ1n) is 5.24. The minimum atomic E-state index is 0.176. The van der Waals surface area contributed by atoms with Gasteiger partial charge < -0.3 is 0 Å². The molecule has 1 nitrogen and oxygen atoms in total. The van der Waals surface area contributed by atoms with Crippen molar-refractivity contribution in [2.45, 2.75) is 31.1 Å². The lowest BCUT2D eigenvalue weighted by atomic mass is 9.82. The fourth-order valence-corrected chi connectivity index (χ4v) is 2.67. The van der Waals surface area contributed by atoms with Gasteiger partial charge in [-0.2, -0.15) is 0 Å². The van der Waals surface area contributed by atoms with E-state index in [0.29, 0.717) is 0 Å². The van der Waals surface area contributed by atoms with Gasteiger partial charge in [0.2, 0.25) is 5.69 Å². The normalized spacial score (nSPS) is 18.2. The van der Waals surface area contributed by atoms with Crippen molar-refractivity contribution in [3.63, 3.8) is 0 Å². The van der Waals surface area contributed by atoms with Crippen LogP contribution in [0.5, 0.6) is 0 Å². The van der Waals surface area contributed by atoms with Gasteiger partial charge in [-0.1, -0.05) is 0 Å². The monoisotopic (exact) mass is 220 g/mol. The van der Waals surface area contributed by atoms with E-state index in [4.69, 9.17) is 0 Å². The summed E-state index contributed by atoms with van der Waals surface area (Å²) in [4.78, 5) is 1.35. The Balaban J connectivity index is 2.65. The Morgan fingerprint density at radius 1 is 1.27 bits per heavy atom. The third kappa shape index (κ3) is 1.43. The van der Waals surface area contributed by atoms with E-state index >= 15 is 0 Å². The van der Waals surface area contributed by atoms with Crippen molar-refractivity contribution in [1.29, 1.82) is 0 Å². The van der Waals surface area contributed by atoms with Gasteiger partial charge in [-0.25, -0.2) is 4.58 Å². The van der Waals surface area contributed by atoms with Gasteiger partial charge >= 0.3 is 0 Å². The van der Waals surface area contributed by atoms with E-state index in [-0.39, 0.29) is 5.41 Å². The molecule has 0 bridgehead atoms. The molecule has 1 aliphatic heterocycles. The molecule has 1 aromatic carbocycles. The molecule has 80 valence electrons. The summed E-state index contributed by atoms with van der Waals surface area (Å²) in [6.45, 7) is 6.82. The number of nitrogens with zero attached hydrogens (tertiary/aromatic N) is 1. The van der Waals surface area contributed by atoms with Crippen molar-refractivity contribution < 1.29 is 4.58 Å². The Morgan fingerprint density at radius 2 is 1.93 bits per heavy atom. The molecule has 0 saturated carbocycles.